The predicted octanol–water partition coefficient (Wildman–Crippen LogP) is 3.41. The van der Waals surface area contributed by atoms with E-state index in [1.165, 1.54) is 16.3 Å². The number of rotatable bonds is 2. The van der Waals surface area contributed by atoms with Crippen molar-refractivity contribution in [2.75, 3.05) is 13.1 Å². The van der Waals surface area contributed by atoms with Crippen LogP contribution in [-0.4, -0.2) is 29.6 Å². The van der Waals surface area contributed by atoms with Crippen LogP contribution in [0.5, 0.6) is 0 Å². The topological polar surface area (TPSA) is 15.3 Å². The summed E-state index contributed by atoms with van der Waals surface area (Å²) >= 11 is 0. The van der Waals surface area contributed by atoms with Gasteiger partial charge in [-0.25, -0.2) is 0 Å². The number of benzene rings is 2. The zero-order valence-electron chi connectivity index (χ0n) is 12.7. The molecule has 0 aromatic heterocycles. The highest BCUT2D eigenvalue weighted by atomic mass is 15.3. The van der Waals surface area contributed by atoms with Crippen molar-refractivity contribution < 1.29 is 0 Å². The van der Waals surface area contributed by atoms with Crippen molar-refractivity contribution in [2.24, 2.45) is 0 Å². The van der Waals surface area contributed by atoms with Crippen LogP contribution in [0.1, 0.15) is 26.3 Å². The fourth-order valence-corrected chi connectivity index (χ4v) is 3.09. The lowest BCUT2D eigenvalue weighted by Crippen LogP contribution is -2.60. The van der Waals surface area contributed by atoms with E-state index in [0.29, 0.717) is 6.04 Å². The van der Waals surface area contributed by atoms with Crippen LogP contribution in [0.25, 0.3) is 10.8 Å². The van der Waals surface area contributed by atoms with Crippen molar-refractivity contribution in [1.29, 1.82) is 0 Å². The lowest BCUT2D eigenvalue weighted by molar-refractivity contribution is 0.0631. The van der Waals surface area contributed by atoms with Gasteiger partial charge in [0.2, 0.25) is 0 Å². The molecule has 0 saturated carbocycles. The first kappa shape index (κ1) is 13.6. The highest BCUT2D eigenvalue weighted by Gasteiger charge is 2.32. The molecule has 0 spiro atoms. The lowest BCUT2D eigenvalue weighted by Gasteiger charge is -2.45. The van der Waals surface area contributed by atoms with Crippen LogP contribution in [0, 0.1) is 0 Å². The summed E-state index contributed by atoms with van der Waals surface area (Å²) < 4.78 is 0. The minimum atomic E-state index is 0.212. The SMILES string of the molecule is CC1CN(Cc2cccc3ccccc23)C(C)(C)CN1. The molecule has 1 saturated heterocycles. The Balaban J connectivity index is 1.92. The van der Waals surface area contributed by atoms with Gasteiger partial charge in [0, 0.05) is 31.2 Å². The second kappa shape index (κ2) is 5.19. The zero-order valence-corrected chi connectivity index (χ0v) is 12.7. The van der Waals surface area contributed by atoms with Gasteiger partial charge in [-0.15, -0.1) is 0 Å². The summed E-state index contributed by atoms with van der Waals surface area (Å²) in [5.41, 5.74) is 1.65. The standard InChI is InChI=1S/C18H24N2/c1-14-11-20(18(2,3)13-19-14)12-16-9-6-8-15-7-4-5-10-17(15)16/h4-10,14,19H,11-13H2,1-3H3. The van der Waals surface area contributed by atoms with Gasteiger partial charge in [-0.1, -0.05) is 42.5 Å². The van der Waals surface area contributed by atoms with Crippen molar-refractivity contribution in [3.05, 3.63) is 48.0 Å². The van der Waals surface area contributed by atoms with Gasteiger partial charge < -0.3 is 5.32 Å². The second-order valence-electron chi connectivity index (χ2n) is 6.61. The van der Waals surface area contributed by atoms with Crippen LogP contribution in [0.2, 0.25) is 0 Å². The van der Waals surface area contributed by atoms with E-state index >= 15 is 0 Å². The van der Waals surface area contributed by atoms with E-state index in [0.717, 1.165) is 19.6 Å². The number of hydrogen-bond donors (Lipinski definition) is 1. The molecule has 1 fully saturated rings. The van der Waals surface area contributed by atoms with Crippen LogP contribution in [-0.2, 0) is 6.54 Å². The summed E-state index contributed by atoms with van der Waals surface area (Å²) in [7, 11) is 0. The first-order valence-corrected chi connectivity index (χ1v) is 7.51. The van der Waals surface area contributed by atoms with E-state index in [-0.39, 0.29) is 5.54 Å². The average molecular weight is 268 g/mol. The van der Waals surface area contributed by atoms with Crippen LogP contribution in [0.15, 0.2) is 42.5 Å². The van der Waals surface area contributed by atoms with Crippen molar-refractivity contribution >= 4 is 10.8 Å². The Bertz CT molecular complexity index is 598. The van der Waals surface area contributed by atoms with Gasteiger partial charge in [0.25, 0.3) is 0 Å². The number of hydrogen-bond acceptors (Lipinski definition) is 2. The van der Waals surface area contributed by atoms with E-state index in [4.69, 9.17) is 0 Å². The molecule has 1 atom stereocenters. The van der Waals surface area contributed by atoms with Gasteiger partial charge in [0.1, 0.15) is 0 Å². The maximum absolute atomic E-state index is 3.58. The second-order valence-corrected chi connectivity index (χ2v) is 6.61. The summed E-state index contributed by atoms with van der Waals surface area (Å²) in [6, 6.07) is 15.9. The van der Waals surface area contributed by atoms with Gasteiger partial charge in [0.15, 0.2) is 0 Å². The molecule has 0 radical (unpaired) electrons. The minimum Gasteiger partial charge on any atom is -0.311 e. The Hall–Kier alpha value is -1.38. The Morgan fingerprint density at radius 1 is 1.15 bits per heavy atom. The maximum Gasteiger partial charge on any atom is 0.0281 e. The smallest absolute Gasteiger partial charge is 0.0281 e. The molecule has 1 heterocycles. The van der Waals surface area contributed by atoms with E-state index in [1.54, 1.807) is 0 Å². The molecular formula is C18H24N2. The molecule has 0 amide bonds. The van der Waals surface area contributed by atoms with E-state index < -0.39 is 0 Å². The molecular weight excluding hydrogens is 244 g/mol. The van der Waals surface area contributed by atoms with Gasteiger partial charge in [0.05, 0.1) is 0 Å². The molecule has 1 aliphatic heterocycles. The van der Waals surface area contributed by atoms with Crippen molar-refractivity contribution in [1.82, 2.24) is 10.2 Å². The van der Waals surface area contributed by atoms with Crippen LogP contribution in [0.3, 0.4) is 0 Å². The van der Waals surface area contributed by atoms with Crippen LogP contribution < -0.4 is 5.32 Å². The Labute approximate surface area is 121 Å². The monoisotopic (exact) mass is 268 g/mol. The molecule has 0 bridgehead atoms. The van der Waals surface area contributed by atoms with Gasteiger partial charge in [-0.05, 0) is 37.1 Å². The molecule has 20 heavy (non-hydrogen) atoms. The highest BCUT2D eigenvalue weighted by molar-refractivity contribution is 5.85. The quantitative estimate of drug-likeness (QED) is 0.898. The van der Waals surface area contributed by atoms with Gasteiger partial charge in [-0.3, -0.25) is 4.90 Å². The fraction of sp³-hybridized carbons (Fsp3) is 0.444. The number of fused-ring (bicyclic) bond motifs is 1. The summed E-state index contributed by atoms with van der Waals surface area (Å²) in [6.07, 6.45) is 0. The van der Waals surface area contributed by atoms with E-state index in [2.05, 4.69) is 73.5 Å². The minimum absolute atomic E-state index is 0.212. The Kier molecular flexibility index (Phi) is 3.53. The maximum atomic E-state index is 3.58. The zero-order chi connectivity index (χ0) is 14.2. The van der Waals surface area contributed by atoms with E-state index in [9.17, 15) is 0 Å². The van der Waals surface area contributed by atoms with E-state index in [1.807, 2.05) is 0 Å². The molecule has 2 nitrogen and oxygen atoms in total. The third kappa shape index (κ3) is 2.58. The Morgan fingerprint density at radius 2 is 1.90 bits per heavy atom. The van der Waals surface area contributed by atoms with Crippen molar-refractivity contribution in [3.8, 4) is 0 Å². The molecule has 2 aromatic rings. The molecule has 1 unspecified atom stereocenters. The molecule has 2 aromatic carbocycles. The van der Waals surface area contributed by atoms with Crippen LogP contribution in [0.4, 0.5) is 0 Å². The van der Waals surface area contributed by atoms with Gasteiger partial charge in [-0.2, -0.15) is 0 Å². The van der Waals surface area contributed by atoms with Gasteiger partial charge >= 0.3 is 0 Å². The summed E-state index contributed by atoms with van der Waals surface area (Å²) in [4.78, 5) is 2.61. The van der Waals surface area contributed by atoms with Crippen LogP contribution >= 0.6 is 0 Å². The average Bonchev–Trinajstić information content (AvgIpc) is 2.44. The number of nitrogens with one attached hydrogen (secondary N) is 1. The first-order chi connectivity index (χ1) is 9.56. The third-order valence-corrected chi connectivity index (χ3v) is 4.47. The number of nitrogens with zero attached hydrogens (tertiary/aromatic N) is 1. The molecule has 3 rings (SSSR count). The number of piperazine rings is 1. The summed E-state index contributed by atoms with van der Waals surface area (Å²) in [5.74, 6) is 0. The first-order valence-electron chi connectivity index (χ1n) is 7.51. The summed E-state index contributed by atoms with van der Waals surface area (Å²) in [6.45, 7) is 10.1. The Morgan fingerprint density at radius 3 is 2.75 bits per heavy atom. The van der Waals surface area contributed by atoms with Crippen molar-refractivity contribution in [3.63, 3.8) is 0 Å². The molecule has 106 valence electrons. The highest BCUT2D eigenvalue weighted by Crippen LogP contribution is 2.25. The summed E-state index contributed by atoms with van der Waals surface area (Å²) in [5, 5.41) is 6.31. The molecule has 2 heteroatoms. The normalized spacial score (nSPS) is 23.1. The predicted molar refractivity (Wildman–Crippen MR) is 85.9 cm³/mol. The largest absolute Gasteiger partial charge is 0.311 e. The third-order valence-electron chi connectivity index (χ3n) is 4.47. The van der Waals surface area contributed by atoms with Crippen molar-refractivity contribution in [2.45, 2.75) is 38.9 Å². The fourth-order valence-electron chi connectivity index (χ4n) is 3.09. The lowest BCUT2D eigenvalue weighted by atomic mass is 9.95. The molecule has 1 N–H and O–H groups in total. The molecule has 1 aliphatic rings. The molecule has 0 aliphatic carbocycles.